The Morgan fingerprint density at radius 3 is 2.68 bits per heavy atom. The van der Waals surface area contributed by atoms with E-state index in [0.717, 1.165) is 24.0 Å². The Kier molecular flexibility index (Phi) is 6.43. The number of benzene rings is 1. The van der Waals surface area contributed by atoms with Crippen molar-refractivity contribution in [1.29, 1.82) is 0 Å². The van der Waals surface area contributed by atoms with E-state index in [1.807, 2.05) is 24.3 Å². The summed E-state index contributed by atoms with van der Waals surface area (Å²) in [5.41, 5.74) is 7.73. The number of imidazole rings is 1. The van der Waals surface area contributed by atoms with Gasteiger partial charge < -0.3 is 15.5 Å². The summed E-state index contributed by atoms with van der Waals surface area (Å²) in [5.74, 6) is 6.34. The highest BCUT2D eigenvalue weighted by Crippen LogP contribution is 2.25. The van der Waals surface area contributed by atoms with Crippen LogP contribution in [0.15, 0.2) is 38.8 Å². The molecule has 1 aromatic carbocycles. The number of carbonyl (C=O) groups excluding carboxylic acids is 1. The predicted octanol–water partition coefficient (Wildman–Crippen LogP) is 0.313. The quantitative estimate of drug-likeness (QED) is 0.513. The third-order valence-corrected chi connectivity index (χ3v) is 7.03. The third-order valence-electron chi connectivity index (χ3n) is 7.03. The lowest BCUT2D eigenvalue weighted by molar-refractivity contribution is -0.116. The number of piperidine rings is 1. The van der Waals surface area contributed by atoms with Crippen molar-refractivity contribution < 1.29 is 4.79 Å². The van der Waals surface area contributed by atoms with Gasteiger partial charge in [-0.2, -0.15) is 4.98 Å². The van der Waals surface area contributed by atoms with Gasteiger partial charge in [0.05, 0.1) is 24.5 Å². The zero-order chi connectivity index (χ0) is 26.3. The number of aryl methyl sites for hydroxylation is 1. The lowest BCUT2D eigenvalue weighted by Gasteiger charge is -2.31. The minimum absolute atomic E-state index is 0.00825. The van der Waals surface area contributed by atoms with Crippen LogP contribution >= 0.6 is 0 Å². The first kappa shape index (κ1) is 24.5. The molecule has 0 spiro atoms. The summed E-state index contributed by atoms with van der Waals surface area (Å²) in [6, 6.07) is 7.36. The van der Waals surface area contributed by atoms with Gasteiger partial charge in [-0.25, -0.2) is 4.79 Å². The first-order chi connectivity index (χ1) is 17.8. The summed E-state index contributed by atoms with van der Waals surface area (Å²) >= 11 is 0. The topological polar surface area (TPSA) is 124 Å². The van der Waals surface area contributed by atoms with Crippen LogP contribution < -0.4 is 26.8 Å². The monoisotopic (exact) mass is 502 g/mol. The first-order valence-corrected chi connectivity index (χ1v) is 12.3. The van der Waals surface area contributed by atoms with Crippen LogP contribution in [0.1, 0.15) is 25.3 Å². The summed E-state index contributed by atoms with van der Waals surface area (Å²) in [7, 11) is 3.30. The number of benzodiazepines with no additional fused rings is 1. The molecule has 0 aliphatic carbocycles. The average Bonchev–Trinajstić information content (AvgIpc) is 3.24. The standard InChI is InChI=1S/C26H30N8O3/c1-4-5-13-33-22-23(29-25(33)32-12-8-9-17(27)15-32)31(3)26(37)34(24(22)36)16-19-18-10-6-7-11-20(18)30(2)21(35)14-28-19/h6-7,10-11,17H,8-9,12-16,27H2,1-3H3. The molecule has 2 N–H and O–H groups in total. The molecule has 5 rings (SSSR count). The number of nitrogens with zero attached hydrogens (tertiary/aromatic N) is 7. The van der Waals surface area contributed by atoms with Crippen molar-refractivity contribution in [3.63, 3.8) is 0 Å². The first-order valence-electron chi connectivity index (χ1n) is 12.3. The number of likely N-dealkylation sites (N-methyl/N-ethyl adjacent to an activating group) is 1. The van der Waals surface area contributed by atoms with Crippen LogP contribution in [0.5, 0.6) is 0 Å². The number of amides is 1. The number of aliphatic imine (C=N–C) groups is 1. The highest BCUT2D eigenvalue weighted by atomic mass is 16.2. The smallest absolute Gasteiger partial charge is 0.332 e. The Bertz CT molecular complexity index is 1600. The molecule has 0 bridgehead atoms. The molecule has 1 unspecified atom stereocenters. The van der Waals surface area contributed by atoms with Gasteiger partial charge in [0.2, 0.25) is 11.9 Å². The molecular weight excluding hydrogens is 472 g/mol. The Labute approximate surface area is 213 Å². The zero-order valence-corrected chi connectivity index (χ0v) is 21.3. The Hall–Kier alpha value is -4.17. The third kappa shape index (κ3) is 4.23. The number of aromatic nitrogens is 4. The zero-order valence-electron chi connectivity index (χ0n) is 21.3. The van der Waals surface area contributed by atoms with Crippen LogP contribution in [-0.2, 0) is 24.9 Å². The lowest BCUT2D eigenvalue weighted by atomic mass is 10.1. The summed E-state index contributed by atoms with van der Waals surface area (Å²) in [4.78, 5) is 52.7. The number of nitrogens with two attached hydrogens (primary N) is 1. The molecule has 192 valence electrons. The number of rotatable bonds is 4. The van der Waals surface area contributed by atoms with Gasteiger partial charge in [-0.05, 0) is 25.8 Å². The highest BCUT2D eigenvalue weighted by molar-refractivity contribution is 6.11. The Morgan fingerprint density at radius 2 is 1.92 bits per heavy atom. The second kappa shape index (κ2) is 9.71. The Balaban J connectivity index is 1.68. The van der Waals surface area contributed by atoms with Crippen LogP contribution in [0.2, 0.25) is 0 Å². The van der Waals surface area contributed by atoms with Crippen LogP contribution in [0.3, 0.4) is 0 Å². The largest absolute Gasteiger partial charge is 0.341 e. The summed E-state index contributed by atoms with van der Waals surface area (Å²) in [6.45, 7) is 3.22. The fraction of sp³-hybridized carbons (Fsp3) is 0.423. The second-order valence-corrected chi connectivity index (χ2v) is 9.41. The molecule has 1 atom stereocenters. The van der Waals surface area contributed by atoms with E-state index in [1.165, 1.54) is 4.57 Å². The maximum Gasteiger partial charge on any atom is 0.332 e. The predicted molar refractivity (Wildman–Crippen MR) is 143 cm³/mol. The van der Waals surface area contributed by atoms with Crippen molar-refractivity contribution in [2.75, 3.05) is 36.5 Å². The van der Waals surface area contributed by atoms with Gasteiger partial charge in [0, 0.05) is 38.8 Å². The molecule has 0 radical (unpaired) electrons. The van der Waals surface area contributed by atoms with E-state index < -0.39 is 11.2 Å². The van der Waals surface area contributed by atoms with Crippen LogP contribution in [0.4, 0.5) is 11.6 Å². The van der Waals surface area contributed by atoms with Gasteiger partial charge >= 0.3 is 5.69 Å². The molecule has 1 amide bonds. The minimum Gasteiger partial charge on any atom is -0.341 e. The molecule has 37 heavy (non-hydrogen) atoms. The van der Waals surface area contributed by atoms with Crippen molar-refractivity contribution in [2.45, 2.75) is 38.9 Å². The molecule has 2 aliphatic rings. The van der Waals surface area contributed by atoms with Gasteiger partial charge in [0.1, 0.15) is 6.54 Å². The van der Waals surface area contributed by atoms with Crippen molar-refractivity contribution in [2.24, 2.45) is 17.8 Å². The number of hydrogen-bond acceptors (Lipinski definition) is 7. The molecule has 1 saturated heterocycles. The van der Waals surface area contributed by atoms with Gasteiger partial charge in [0.15, 0.2) is 11.2 Å². The van der Waals surface area contributed by atoms with Crippen LogP contribution in [0.25, 0.3) is 11.2 Å². The van der Waals surface area contributed by atoms with Crippen molar-refractivity contribution >= 4 is 34.4 Å². The molecule has 11 heteroatoms. The minimum atomic E-state index is -0.505. The summed E-state index contributed by atoms with van der Waals surface area (Å²) in [6.07, 6.45) is 1.84. The van der Waals surface area contributed by atoms with Crippen molar-refractivity contribution in [3.05, 3.63) is 50.7 Å². The van der Waals surface area contributed by atoms with E-state index in [2.05, 4.69) is 21.7 Å². The van der Waals surface area contributed by atoms with Crippen molar-refractivity contribution in [1.82, 2.24) is 18.7 Å². The normalized spacial score (nSPS) is 17.8. The van der Waals surface area contributed by atoms with E-state index in [9.17, 15) is 14.4 Å². The number of fused-ring (bicyclic) bond motifs is 2. The Morgan fingerprint density at radius 1 is 1.14 bits per heavy atom. The maximum atomic E-state index is 13.9. The number of hydrogen-bond donors (Lipinski definition) is 1. The molecule has 2 aromatic heterocycles. The highest BCUT2D eigenvalue weighted by Gasteiger charge is 2.27. The van der Waals surface area contributed by atoms with Crippen LogP contribution in [-0.4, -0.2) is 63.0 Å². The average molecular weight is 503 g/mol. The van der Waals surface area contributed by atoms with E-state index in [0.29, 0.717) is 40.6 Å². The summed E-state index contributed by atoms with van der Waals surface area (Å²) in [5, 5.41) is 0. The van der Waals surface area contributed by atoms with E-state index in [1.54, 1.807) is 30.5 Å². The van der Waals surface area contributed by atoms with E-state index >= 15 is 0 Å². The summed E-state index contributed by atoms with van der Waals surface area (Å²) < 4.78 is 4.33. The number of carbonyl (C=O) groups is 1. The van der Waals surface area contributed by atoms with E-state index in [-0.39, 0.29) is 31.6 Å². The van der Waals surface area contributed by atoms with Crippen LogP contribution in [0, 0.1) is 11.8 Å². The molecule has 4 heterocycles. The number of para-hydroxylation sites is 1. The van der Waals surface area contributed by atoms with Crippen molar-refractivity contribution in [3.8, 4) is 11.8 Å². The molecular formula is C26H30N8O3. The lowest BCUT2D eigenvalue weighted by Crippen LogP contribution is -2.44. The molecule has 11 nitrogen and oxygen atoms in total. The van der Waals surface area contributed by atoms with Gasteiger partial charge in [-0.15, -0.1) is 5.92 Å². The van der Waals surface area contributed by atoms with Gasteiger partial charge in [0.25, 0.3) is 5.56 Å². The molecule has 1 fully saturated rings. The SMILES string of the molecule is CC#CCn1c(N2CCCC(N)C2)nc2c1c(=O)n(CC1=NCC(=O)N(C)c3ccccc31)c(=O)n2C. The fourth-order valence-corrected chi connectivity index (χ4v) is 5.02. The molecule has 2 aliphatic heterocycles. The molecule has 0 saturated carbocycles. The maximum absolute atomic E-state index is 13.9. The second-order valence-electron chi connectivity index (χ2n) is 9.41. The van der Waals surface area contributed by atoms with Gasteiger partial charge in [-0.3, -0.25) is 28.3 Å². The van der Waals surface area contributed by atoms with Gasteiger partial charge in [-0.1, -0.05) is 24.1 Å². The number of anilines is 2. The van der Waals surface area contributed by atoms with E-state index in [4.69, 9.17) is 10.7 Å². The molecule has 3 aromatic rings. The fourth-order valence-electron chi connectivity index (χ4n) is 5.02.